The van der Waals surface area contributed by atoms with Crippen LogP contribution in [0.15, 0.2) is 54.6 Å². The summed E-state index contributed by atoms with van der Waals surface area (Å²) in [6.45, 7) is 4.79. The summed E-state index contributed by atoms with van der Waals surface area (Å²) in [6.07, 6.45) is 6.22. The maximum atomic E-state index is 13.7. The van der Waals surface area contributed by atoms with Crippen molar-refractivity contribution < 1.29 is 9.18 Å². The number of halogens is 1. The van der Waals surface area contributed by atoms with Crippen molar-refractivity contribution in [2.45, 2.75) is 45.4 Å². The van der Waals surface area contributed by atoms with Gasteiger partial charge in [0.25, 0.3) is 0 Å². The Hall–Kier alpha value is -3.81. The molecule has 0 spiro atoms. The average Bonchev–Trinajstić information content (AvgIpc) is 3.30. The Balaban J connectivity index is 1.34. The molecule has 0 unspecified atom stereocenters. The molecule has 38 heavy (non-hydrogen) atoms. The second kappa shape index (κ2) is 10.5. The Bertz CT molecular complexity index is 1420. The van der Waals surface area contributed by atoms with Crippen LogP contribution in [0.5, 0.6) is 0 Å². The molecule has 2 aromatic heterocycles. The van der Waals surface area contributed by atoms with Gasteiger partial charge in [0.1, 0.15) is 17.5 Å². The van der Waals surface area contributed by atoms with Gasteiger partial charge in [-0.25, -0.2) is 19.0 Å². The third-order valence-corrected chi connectivity index (χ3v) is 7.85. The Labute approximate surface area is 222 Å². The Morgan fingerprint density at radius 3 is 2.34 bits per heavy atom. The van der Waals surface area contributed by atoms with E-state index in [-0.39, 0.29) is 11.7 Å². The number of rotatable bonds is 5. The number of amides is 1. The number of carbonyl (C=O) groups is 1. The van der Waals surface area contributed by atoms with Crippen molar-refractivity contribution in [3.8, 4) is 5.69 Å². The van der Waals surface area contributed by atoms with Crippen LogP contribution in [-0.4, -0.2) is 56.7 Å². The van der Waals surface area contributed by atoms with E-state index in [0.717, 1.165) is 66.9 Å². The summed E-state index contributed by atoms with van der Waals surface area (Å²) in [5.41, 5.74) is 3.42. The Morgan fingerprint density at radius 2 is 1.63 bits per heavy atom. The van der Waals surface area contributed by atoms with Gasteiger partial charge in [-0.15, -0.1) is 0 Å². The number of hydrogen-bond acceptors (Lipinski definition) is 5. The highest BCUT2D eigenvalue weighted by Crippen LogP contribution is 2.31. The van der Waals surface area contributed by atoms with Crippen LogP contribution in [0.4, 0.5) is 10.2 Å². The number of anilines is 1. The number of fused-ring (bicyclic) bond motifs is 1. The molecule has 8 heteroatoms. The molecule has 1 aliphatic carbocycles. The zero-order valence-corrected chi connectivity index (χ0v) is 21.8. The first-order valence-corrected chi connectivity index (χ1v) is 13.7. The molecule has 1 saturated heterocycles. The lowest BCUT2D eigenvalue weighted by atomic mass is 9.88. The summed E-state index contributed by atoms with van der Waals surface area (Å²) in [7, 11) is 0. The first-order chi connectivity index (χ1) is 18.6. The molecule has 1 amide bonds. The molecular formula is C30H33FN6O. The third-order valence-electron chi connectivity index (χ3n) is 7.85. The van der Waals surface area contributed by atoms with Gasteiger partial charge in [0.2, 0.25) is 5.91 Å². The fraction of sp³-hybridized carbons (Fsp3) is 0.400. The lowest BCUT2D eigenvalue weighted by molar-refractivity contribution is -0.136. The number of piperazine rings is 1. The van der Waals surface area contributed by atoms with E-state index >= 15 is 0 Å². The summed E-state index contributed by atoms with van der Waals surface area (Å²) in [4.78, 5) is 27.5. The first-order valence-electron chi connectivity index (χ1n) is 13.7. The molecule has 1 aliphatic heterocycles. The minimum Gasteiger partial charge on any atom is -0.352 e. The first kappa shape index (κ1) is 24.5. The molecule has 0 atom stereocenters. The number of aryl methyl sites for hydroxylation is 1. The highest BCUT2D eigenvalue weighted by atomic mass is 19.1. The van der Waals surface area contributed by atoms with Gasteiger partial charge in [0.15, 0.2) is 5.65 Å². The number of hydrogen-bond donors (Lipinski definition) is 0. The third kappa shape index (κ3) is 4.87. The SMILES string of the molecule is Cc1nn(-c2ccc(F)cc2)c2nc(Cc3ccccc3)nc(N3CCN(C(=O)C4CCCCC4)CC3)c12. The van der Waals surface area contributed by atoms with Crippen molar-refractivity contribution >= 4 is 22.8 Å². The normalized spacial score (nSPS) is 16.8. The topological polar surface area (TPSA) is 67.2 Å². The molecule has 2 aromatic carbocycles. The van der Waals surface area contributed by atoms with Crippen LogP contribution in [-0.2, 0) is 11.2 Å². The molecule has 7 nitrogen and oxygen atoms in total. The van der Waals surface area contributed by atoms with Gasteiger partial charge < -0.3 is 9.80 Å². The summed E-state index contributed by atoms with van der Waals surface area (Å²) >= 11 is 0. The van der Waals surface area contributed by atoms with Crippen molar-refractivity contribution in [2.75, 3.05) is 31.1 Å². The lowest BCUT2D eigenvalue weighted by Gasteiger charge is -2.38. The largest absolute Gasteiger partial charge is 0.352 e. The van der Waals surface area contributed by atoms with E-state index in [1.54, 1.807) is 16.8 Å². The fourth-order valence-corrected chi connectivity index (χ4v) is 5.80. The molecule has 6 rings (SSSR count). The number of benzene rings is 2. The smallest absolute Gasteiger partial charge is 0.225 e. The maximum absolute atomic E-state index is 13.7. The van der Waals surface area contributed by atoms with E-state index in [9.17, 15) is 9.18 Å². The molecule has 0 bridgehead atoms. The van der Waals surface area contributed by atoms with Crippen molar-refractivity contribution in [3.05, 3.63) is 77.5 Å². The van der Waals surface area contributed by atoms with Crippen LogP contribution < -0.4 is 4.90 Å². The zero-order valence-electron chi connectivity index (χ0n) is 21.8. The molecule has 0 radical (unpaired) electrons. The van der Waals surface area contributed by atoms with Gasteiger partial charge in [-0.2, -0.15) is 5.10 Å². The molecule has 1 saturated carbocycles. The minimum atomic E-state index is -0.289. The highest BCUT2D eigenvalue weighted by Gasteiger charge is 2.30. The van der Waals surface area contributed by atoms with Crippen molar-refractivity contribution in [1.29, 1.82) is 0 Å². The van der Waals surface area contributed by atoms with Crippen LogP contribution in [0, 0.1) is 18.7 Å². The van der Waals surface area contributed by atoms with E-state index in [4.69, 9.17) is 15.1 Å². The van der Waals surface area contributed by atoms with E-state index in [1.807, 2.05) is 30.0 Å². The van der Waals surface area contributed by atoms with E-state index in [2.05, 4.69) is 17.0 Å². The van der Waals surface area contributed by atoms with Crippen LogP contribution in [0.25, 0.3) is 16.7 Å². The van der Waals surface area contributed by atoms with Crippen molar-refractivity contribution in [2.24, 2.45) is 5.92 Å². The minimum absolute atomic E-state index is 0.190. The molecule has 196 valence electrons. The van der Waals surface area contributed by atoms with E-state index in [0.29, 0.717) is 36.9 Å². The number of nitrogens with zero attached hydrogens (tertiary/aromatic N) is 6. The quantitative estimate of drug-likeness (QED) is 0.373. The average molecular weight is 513 g/mol. The monoisotopic (exact) mass is 512 g/mol. The van der Waals surface area contributed by atoms with Crippen LogP contribution >= 0.6 is 0 Å². The van der Waals surface area contributed by atoms with Gasteiger partial charge in [-0.1, -0.05) is 49.6 Å². The summed E-state index contributed by atoms with van der Waals surface area (Å²) < 4.78 is 15.4. The van der Waals surface area contributed by atoms with Crippen molar-refractivity contribution in [1.82, 2.24) is 24.6 Å². The summed E-state index contributed by atoms with van der Waals surface area (Å²) in [5, 5.41) is 5.70. The van der Waals surface area contributed by atoms with Crippen LogP contribution in [0.1, 0.15) is 49.2 Å². The van der Waals surface area contributed by atoms with E-state index < -0.39 is 0 Å². The summed E-state index contributed by atoms with van der Waals surface area (Å²) in [6, 6.07) is 16.5. The van der Waals surface area contributed by atoms with Crippen LogP contribution in [0.3, 0.4) is 0 Å². The second-order valence-electron chi connectivity index (χ2n) is 10.4. The van der Waals surface area contributed by atoms with Gasteiger partial charge in [-0.3, -0.25) is 4.79 Å². The molecule has 0 N–H and O–H groups in total. The Morgan fingerprint density at radius 1 is 0.921 bits per heavy atom. The lowest BCUT2D eigenvalue weighted by Crippen LogP contribution is -2.51. The van der Waals surface area contributed by atoms with Gasteiger partial charge in [0, 0.05) is 38.5 Å². The standard InChI is InChI=1S/C30H33FN6O/c1-21-27-28(35-16-18-36(19-17-35)30(38)23-10-6-3-7-11-23)32-26(20-22-8-4-2-5-9-22)33-29(27)37(34-21)25-14-12-24(31)13-15-25/h2,4-5,8-9,12-15,23H,3,6-7,10-11,16-20H2,1H3. The maximum Gasteiger partial charge on any atom is 0.225 e. The predicted octanol–water partition coefficient (Wildman–Crippen LogP) is 5.08. The van der Waals surface area contributed by atoms with E-state index in [1.165, 1.54) is 18.6 Å². The van der Waals surface area contributed by atoms with Gasteiger partial charge in [-0.05, 0) is 49.6 Å². The Kier molecular flexibility index (Phi) is 6.79. The van der Waals surface area contributed by atoms with Gasteiger partial charge in [0.05, 0.1) is 16.8 Å². The molecule has 4 aromatic rings. The zero-order chi connectivity index (χ0) is 26.1. The van der Waals surface area contributed by atoms with Gasteiger partial charge >= 0.3 is 0 Å². The fourth-order valence-electron chi connectivity index (χ4n) is 5.80. The van der Waals surface area contributed by atoms with Crippen molar-refractivity contribution in [3.63, 3.8) is 0 Å². The highest BCUT2D eigenvalue weighted by molar-refractivity contribution is 5.91. The number of carbonyl (C=O) groups excluding carboxylic acids is 1. The molecule has 2 aliphatic rings. The molecule has 3 heterocycles. The molecule has 2 fully saturated rings. The summed E-state index contributed by atoms with van der Waals surface area (Å²) in [5.74, 6) is 1.79. The number of aromatic nitrogens is 4. The van der Waals surface area contributed by atoms with Crippen LogP contribution in [0.2, 0.25) is 0 Å². The molecular weight excluding hydrogens is 479 g/mol. The predicted molar refractivity (Wildman–Crippen MR) is 146 cm³/mol. The second-order valence-corrected chi connectivity index (χ2v) is 10.4.